The highest BCUT2D eigenvalue weighted by atomic mass is 16.2. The fourth-order valence-corrected chi connectivity index (χ4v) is 4.16. The average Bonchev–Trinajstić information content (AvgIpc) is 3.60. The summed E-state index contributed by atoms with van der Waals surface area (Å²) in [7, 11) is 3.69. The Kier molecular flexibility index (Phi) is 5.42. The highest BCUT2D eigenvalue weighted by Gasteiger charge is 2.17. The molecule has 37 heavy (non-hydrogen) atoms. The zero-order valence-electron chi connectivity index (χ0n) is 20.4. The average molecular weight is 494 g/mol. The number of imidazole rings is 2. The number of nitrogens with zero attached hydrogens (tertiary/aromatic N) is 8. The van der Waals surface area contributed by atoms with Gasteiger partial charge in [-0.15, -0.1) is 0 Å². The number of aromatic amines is 2. The Bertz CT molecular complexity index is 1760. The van der Waals surface area contributed by atoms with Gasteiger partial charge in [0.15, 0.2) is 17.3 Å². The molecule has 1 amide bonds. The summed E-state index contributed by atoms with van der Waals surface area (Å²) in [5.41, 5.74) is 5.96. The number of aromatic nitrogens is 9. The Balaban J connectivity index is 1.38. The lowest BCUT2D eigenvalue weighted by Gasteiger charge is -2.10. The smallest absolute Gasteiger partial charge is 0.238 e. The molecule has 0 radical (unpaired) electrons. The third-order valence-electron chi connectivity index (χ3n) is 5.79. The Hall–Kier alpha value is -4.97. The number of fused-ring (bicyclic) bond motifs is 2. The maximum atomic E-state index is 12.2. The molecule has 0 atom stereocenters. The molecule has 0 unspecified atom stereocenters. The van der Waals surface area contributed by atoms with Crippen molar-refractivity contribution < 1.29 is 4.79 Å². The van der Waals surface area contributed by atoms with Crippen LogP contribution >= 0.6 is 0 Å². The van der Waals surface area contributed by atoms with Crippen molar-refractivity contribution in [1.82, 2.24) is 49.6 Å². The minimum Gasteiger partial charge on any atom is -0.336 e. The number of hydrogen-bond donors (Lipinski definition) is 3. The van der Waals surface area contributed by atoms with Crippen molar-refractivity contribution in [3.05, 3.63) is 61.2 Å². The van der Waals surface area contributed by atoms with E-state index >= 15 is 0 Å². The number of carbonyl (C=O) groups is 1. The van der Waals surface area contributed by atoms with E-state index < -0.39 is 0 Å². The maximum Gasteiger partial charge on any atom is 0.238 e. The van der Waals surface area contributed by atoms with Crippen molar-refractivity contribution in [1.29, 1.82) is 0 Å². The molecule has 12 nitrogen and oxygen atoms in total. The van der Waals surface area contributed by atoms with Crippen molar-refractivity contribution in [3.8, 4) is 28.5 Å². The van der Waals surface area contributed by atoms with Gasteiger partial charge < -0.3 is 15.2 Å². The molecule has 6 aromatic rings. The molecule has 0 aliphatic heterocycles. The van der Waals surface area contributed by atoms with Crippen LogP contribution in [0.15, 0.2) is 55.5 Å². The summed E-state index contributed by atoms with van der Waals surface area (Å²) in [6, 6.07) is 5.73. The Morgan fingerprint density at radius 1 is 1.11 bits per heavy atom. The zero-order valence-corrected chi connectivity index (χ0v) is 20.4. The quantitative estimate of drug-likeness (QED) is 0.321. The van der Waals surface area contributed by atoms with Gasteiger partial charge >= 0.3 is 0 Å². The summed E-state index contributed by atoms with van der Waals surface area (Å²) in [5, 5.41) is 11.2. The van der Waals surface area contributed by atoms with E-state index in [0.29, 0.717) is 34.2 Å². The number of carbonyl (C=O) groups excluding carboxylic acids is 1. The number of aryl methyl sites for hydroxylation is 1. The van der Waals surface area contributed by atoms with Crippen LogP contribution in [0.5, 0.6) is 0 Å². The monoisotopic (exact) mass is 493 g/mol. The van der Waals surface area contributed by atoms with Crippen LogP contribution < -0.4 is 5.32 Å². The van der Waals surface area contributed by atoms with Crippen molar-refractivity contribution >= 4 is 33.7 Å². The summed E-state index contributed by atoms with van der Waals surface area (Å²) in [6.07, 6.45) is 10.5. The molecule has 0 fully saturated rings. The van der Waals surface area contributed by atoms with Crippen LogP contribution in [0.4, 0.5) is 5.69 Å². The largest absolute Gasteiger partial charge is 0.336 e. The molecule has 12 heteroatoms. The summed E-state index contributed by atoms with van der Waals surface area (Å²) in [5.74, 6) is 1.16. The van der Waals surface area contributed by atoms with E-state index in [4.69, 9.17) is 4.98 Å². The molecule has 3 N–H and O–H groups in total. The van der Waals surface area contributed by atoms with Crippen LogP contribution in [-0.4, -0.2) is 76.1 Å². The standard InChI is InChI=1S/C25H23N11O/c1-14-11-36(13-29-14)25-22-19(4-5-27-25)31-24(32-22)21-18-7-16(9-28-23(18)34-33-21)15-6-17(10-26-8-15)30-20(37)12-35(2)3/h4-11,13H,12H2,1-3H3,(H,30,37)(H,31,32)(H,28,33,34). The molecule has 0 aromatic carbocycles. The molecule has 0 saturated carbocycles. The number of likely N-dealkylation sites (N-methyl/N-ethyl adjacent to an activating group) is 1. The molecule has 6 aromatic heterocycles. The van der Waals surface area contributed by atoms with Crippen molar-refractivity contribution in [3.63, 3.8) is 0 Å². The Morgan fingerprint density at radius 3 is 2.78 bits per heavy atom. The first kappa shape index (κ1) is 22.5. The van der Waals surface area contributed by atoms with E-state index in [-0.39, 0.29) is 12.5 Å². The number of H-pyrrole nitrogens is 2. The lowest BCUT2D eigenvalue weighted by atomic mass is 10.1. The molecule has 184 valence electrons. The third-order valence-corrected chi connectivity index (χ3v) is 5.79. The SMILES string of the molecule is Cc1cn(-c2nccc3[nH]c(-c4n[nH]c5ncc(-c6cncc(NC(=O)CN(C)C)c6)cc45)nc23)cn1. The van der Waals surface area contributed by atoms with Crippen molar-refractivity contribution in [2.45, 2.75) is 6.92 Å². The number of rotatable bonds is 6. The van der Waals surface area contributed by atoms with Gasteiger partial charge in [0.1, 0.15) is 17.5 Å². The second-order valence-electron chi connectivity index (χ2n) is 8.98. The molecule has 0 bridgehead atoms. The van der Waals surface area contributed by atoms with Gasteiger partial charge in [-0.3, -0.25) is 19.4 Å². The van der Waals surface area contributed by atoms with E-state index in [1.54, 1.807) is 36.0 Å². The molecule has 6 rings (SSSR count). The van der Waals surface area contributed by atoms with Crippen LogP contribution in [-0.2, 0) is 4.79 Å². The molecule has 6 heterocycles. The molecular weight excluding hydrogens is 470 g/mol. The highest BCUT2D eigenvalue weighted by Crippen LogP contribution is 2.30. The van der Waals surface area contributed by atoms with Crippen LogP contribution in [0.25, 0.3) is 50.5 Å². The van der Waals surface area contributed by atoms with E-state index in [0.717, 1.165) is 27.7 Å². The van der Waals surface area contributed by atoms with Gasteiger partial charge in [0.05, 0.1) is 35.0 Å². The number of pyridine rings is 3. The maximum absolute atomic E-state index is 12.2. The number of amides is 1. The van der Waals surface area contributed by atoms with E-state index in [1.165, 1.54) is 0 Å². The lowest BCUT2D eigenvalue weighted by Crippen LogP contribution is -2.27. The molecular formula is C25H23N11O. The first-order valence-corrected chi connectivity index (χ1v) is 11.5. The van der Waals surface area contributed by atoms with Gasteiger partial charge in [0.25, 0.3) is 0 Å². The van der Waals surface area contributed by atoms with Crippen molar-refractivity contribution in [2.24, 2.45) is 0 Å². The number of nitrogens with one attached hydrogen (secondary N) is 3. The molecule has 0 saturated heterocycles. The fraction of sp³-hybridized carbons (Fsp3) is 0.160. The molecule has 0 aliphatic carbocycles. The Labute approximate surface area is 210 Å². The van der Waals surface area contributed by atoms with E-state index in [1.807, 2.05) is 50.0 Å². The van der Waals surface area contributed by atoms with Gasteiger partial charge in [-0.05, 0) is 39.2 Å². The lowest BCUT2D eigenvalue weighted by molar-refractivity contribution is -0.116. The van der Waals surface area contributed by atoms with Gasteiger partial charge in [-0.25, -0.2) is 19.9 Å². The van der Waals surface area contributed by atoms with Crippen molar-refractivity contribution in [2.75, 3.05) is 26.0 Å². The number of anilines is 1. The van der Waals surface area contributed by atoms with Gasteiger partial charge in [0.2, 0.25) is 5.91 Å². The second-order valence-corrected chi connectivity index (χ2v) is 8.98. The van der Waals surface area contributed by atoms with E-state index in [9.17, 15) is 4.79 Å². The third kappa shape index (κ3) is 4.29. The second kappa shape index (κ2) is 8.91. The predicted octanol–water partition coefficient (Wildman–Crippen LogP) is 2.95. The van der Waals surface area contributed by atoms with Gasteiger partial charge in [-0.2, -0.15) is 5.10 Å². The first-order chi connectivity index (χ1) is 17.9. The minimum absolute atomic E-state index is 0.112. The molecule has 0 aliphatic rings. The summed E-state index contributed by atoms with van der Waals surface area (Å²) in [6.45, 7) is 2.21. The van der Waals surface area contributed by atoms with E-state index in [2.05, 4.69) is 40.4 Å². The predicted molar refractivity (Wildman–Crippen MR) is 139 cm³/mol. The summed E-state index contributed by atoms with van der Waals surface area (Å²) >= 11 is 0. The van der Waals surface area contributed by atoms with Crippen LogP contribution in [0.3, 0.4) is 0 Å². The van der Waals surface area contributed by atoms with Gasteiger partial charge in [0, 0.05) is 35.9 Å². The summed E-state index contributed by atoms with van der Waals surface area (Å²) < 4.78 is 1.85. The minimum atomic E-state index is -0.112. The number of hydrogen-bond acceptors (Lipinski definition) is 8. The zero-order chi connectivity index (χ0) is 25.5. The van der Waals surface area contributed by atoms with Gasteiger partial charge in [-0.1, -0.05) is 0 Å². The fourth-order valence-electron chi connectivity index (χ4n) is 4.16. The topological polar surface area (TPSA) is 146 Å². The molecule has 0 spiro atoms. The first-order valence-electron chi connectivity index (χ1n) is 11.5. The summed E-state index contributed by atoms with van der Waals surface area (Å²) in [4.78, 5) is 39.8. The van der Waals surface area contributed by atoms with Crippen LogP contribution in [0.2, 0.25) is 0 Å². The normalized spacial score (nSPS) is 11.6. The van der Waals surface area contributed by atoms with Crippen LogP contribution in [0.1, 0.15) is 5.69 Å². The van der Waals surface area contributed by atoms with Crippen LogP contribution in [0, 0.1) is 6.92 Å². The highest BCUT2D eigenvalue weighted by molar-refractivity contribution is 5.95. The Morgan fingerprint density at radius 2 is 1.97 bits per heavy atom.